The minimum Gasteiger partial charge on any atom is -0.398 e. The van der Waals surface area contributed by atoms with E-state index in [1.54, 1.807) is 6.07 Å². The smallest absolute Gasteiger partial charge is 0.255 e. The van der Waals surface area contributed by atoms with E-state index >= 15 is 0 Å². The van der Waals surface area contributed by atoms with E-state index in [0.717, 1.165) is 24.0 Å². The normalized spacial score (nSPS) is 20.3. The largest absolute Gasteiger partial charge is 0.398 e. The quantitative estimate of drug-likeness (QED) is 0.748. The third kappa shape index (κ3) is 3.37. The highest BCUT2D eigenvalue weighted by atomic mass is 79.9. The summed E-state index contributed by atoms with van der Waals surface area (Å²) in [7, 11) is 0. The second-order valence-electron chi connectivity index (χ2n) is 6.27. The van der Waals surface area contributed by atoms with Gasteiger partial charge in [0, 0.05) is 23.2 Å². The summed E-state index contributed by atoms with van der Waals surface area (Å²) in [6.45, 7) is 1.80. The molecule has 2 fully saturated rings. The lowest BCUT2D eigenvalue weighted by Crippen LogP contribution is -2.33. The third-order valence-corrected chi connectivity index (χ3v) is 5.38. The number of halogens is 2. The van der Waals surface area contributed by atoms with Gasteiger partial charge in [-0.1, -0.05) is 35.2 Å². The van der Waals surface area contributed by atoms with Crippen molar-refractivity contribution in [3.05, 3.63) is 28.2 Å². The highest BCUT2D eigenvalue weighted by molar-refractivity contribution is 9.10. The second-order valence-corrected chi connectivity index (χ2v) is 7.18. The van der Waals surface area contributed by atoms with Crippen molar-refractivity contribution in [2.45, 2.75) is 38.5 Å². The van der Waals surface area contributed by atoms with Crippen LogP contribution in [0.5, 0.6) is 0 Å². The van der Waals surface area contributed by atoms with Crippen LogP contribution in [0.25, 0.3) is 0 Å². The minimum atomic E-state index is 0. The fraction of sp³-hybridized carbons (Fsp3) is 0.562. The van der Waals surface area contributed by atoms with Crippen LogP contribution >= 0.6 is 28.3 Å². The predicted octanol–water partition coefficient (Wildman–Crippen LogP) is 4.25. The molecule has 2 aliphatic rings. The number of amides is 1. The van der Waals surface area contributed by atoms with Gasteiger partial charge in [0.1, 0.15) is 0 Å². The van der Waals surface area contributed by atoms with Crippen LogP contribution in [0.4, 0.5) is 5.69 Å². The molecule has 116 valence electrons. The Balaban J connectivity index is 0.00000161. The number of carbonyl (C=O) groups is 1. The number of hydrogen-bond donors (Lipinski definition) is 1. The summed E-state index contributed by atoms with van der Waals surface area (Å²) in [5, 5.41) is 0. The molecule has 3 rings (SSSR count). The molecule has 1 aliphatic heterocycles. The molecule has 1 spiro atoms. The van der Waals surface area contributed by atoms with Crippen molar-refractivity contribution in [2.24, 2.45) is 5.41 Å². The monoisotopic (exact) mass is 372 g/mol. The Kier molecular flexibility index (Phi) is 5.20. The van der Waals surface area contributed by atoms with Gasteiger partial charge in [0.25, 0.3) is 5.91 Å². The van der Waals surface area contributed by atoms with Gasteiger partial charge in [-0.2, -0.15) is 0 Å². The van der Waals surface area contributed by atoms with Crippen LogP contribution in [0.1, 0.15) is 48.9 Å². The zero-order valence-electron chi connectivity index (χ0n) is 12.1. The second kappa shape index (κ2) is 6.57. The molecule has 0 radical (unpaired) electrons. The maximum Gasteiger partial charge on any atom is 0.255 e. The molecule has 0 unspecified atom stereocenters. The minimum absolute atomic E-state index is 0. The van der Waals surface area contributed by atoms with E-state index in [9.17, 15) is 4.79 Å². The van der Waals surface area contributed by atoms with Gasteiger partial charge in [0.2, 0.25) is 0 Å². The maximum absolute atomic E-state index is 12.6. The molecule has 5 heteroatoms. The number of nitrogens with two attached hydrogens (primary N) is 1. The van der Waals surface area contributed by atoms with Crippen molar-refractivity contribution in [2.75, 3.05) is 18.8 Å². The Bertz CT molecular complexity index is 529. The van der Waals surface area contributed by atoms with E-state index in [0.29, 0.717) is 16.7 Å². The lowest BCUT2D eigenvalue weighted by molar-refractivity contribution is 0.0760. The van der Waals surface area contributed by atoms with Gasteiger partial charge in [-0.25, -0.2) is 0 Å². The van der Waals surface area contributed by atoms with Gasteiger partial charge in [-0.3, -0.25) is 4.79 Å². The molecular weight excluding hydrogens is 352 g/mol. The summed E-state index contributed by atoms with van der Waals surface area (Å²) in [6.07, 6.45) is 7.73. The molecule has 1 aliphatic carbocycles. The molecule has 1 heterocycles. The van der Waals surface area contributed by atoms with E-state index in [1.165, 1.54) is 32.1 Å². The zero-order valence-corrected chi connectivity index (χ0v) is 14.5. The molecule has 1 aromatic carbocycles. The van der Waals surface area contributed by atoms with Crippen molar-refractivity contribution in [3.63, 3.8) is 0 Å². The van der Waals surface area contributed by atoms with E-state index in [-0.39, 0.29) is 18.3 Å². The Morgan fingerprint density at radius 2 is 1.90 bits per heavy atom. The molecule has 2 N–H and O–H groups in total. The summed E-state index contributed by atoms with van der Waals surface area (Å²) < 4.78 is 0.914. The van der Waals surface area contributed by atoms with Crippen molar-refractivity contribution in [1.82, 2.24) is 4.90 Å². The predicted molar refractivity (Wildman–Crippen MR) is 91.8 cm³/mol. The van der Waals surface area contributed by atoms with Crippen LogP contribution < -0.4 is 5.73 Å². The highest BCUT2D eigenvalue weighted by Crippen LogP contribution is 2.44. The number of anilines is 1. The zero-order chi connectivity index (χ0) is 14.2. The molecule has 0 aromatic heterocycles. The number of likely N-dealkylation sites (tertiary alicyclic amines) is 1. The fourth-order valence-electron chi connectivity index (χ4n) is 3.72. The number of benzene rings is 1. The van der Waals surface area contributed by atoms with Crippen LogP contribution in [-0.4, -0.2) is 23.9 Å². The fourth-order valence-corrected chi connectivity index (χ4v) is 4.10. The first-order chi connectivity index (χ1) is 9.60. The van der Waals surface area contributed by atoms with Gasteiger partial charge >= 0.3 is 0 Å². The number of hydrogen-bond acceptors (Lipinski definition) is 2. The Hall–Kier alpha value is -0.740. The molecular formula is C16H22BrClN2O. The lowest BCUT2D eigenvalue weighted by Gasteiger charge is -2.33. The molecule has 21 heavy (non-hydrogen) atoms. The van der Waals surface area contributed by atoms with Crippen molar-refractivity contribution >= 4 is 39.9 Å². The number of carbonyl (C=O) groups excluding carboxylic acids is 1. The topological polar surface area (TPSA) is 46.3 Å². The molecule has 0 atom stereocenters. The van der Waals surface area contributed by atoms with Crippen molar-refractivity contribution in [3.8, 4) is 0 Å². The number of nitrogen functional groups attached to an aromatic ring is 1. The molecule has 1 amide bonds. The van der Waals surface area contributed by atoms with Crippen LogP contribution in [0.2, 0.25) is 0 Å². The highest BCUT2D eigenvalue weighted by Gasteiger charge is 2.40. The maximum atomic E-state index is 12.6. The Morgan fingerprint density at radius 3 is 2.57 bits per heavy atom. The third-order valence-electron chi connectivity index (χ3n) is 4.88. The molecule has 3 nitrogen and oxygen atoms in total. The van der Waals surface area contributed by atoms with Gasteiger partial charge in [0.05, 0.1) is 5.56 Å². The molecule has 1 saturated carbocycles. The summed E-state index contributed by atoms with van der Waals surface area (Å²) in [5.74, 6) is 0.0949. The SMILES string of the molecule is Cl.Nc1cc(Br)ccc1C(=O)N1CCC2(CCCCC2)C1. The van der Waals surface area contributed by atoms with Gasteiger partial charge in [-0.05, 0) is 42.9 Å². The lowest BCUT2D eigenvalue weighted by atomic mass is 9.73. The first-order valence-electron chi connectivity index (χ1n) is 7.44. The Morgan fingerprint density at radius 1 is 1.19 bits per heavy atom. The van der Waals surface area contributed by atoms with E-state index in [1.807, 2.05) is 17.0 Å². The first-order valence-corrected chi connectivity index (χ1v) is 8.23. The standard InChI is InChI=1S/C16H21BrN2O.ClH/c17-12-4-5-13(14(18)10-12)15(20)19-9-8-16(11-19)6-2-1-3-7-16;/h4-5,10H,1-3,6-9,11,18H2;1H. The average Bonchev–Trinajstić information content (AvgIpc) is 2.83. The molecule has 1 aromatic rings. The van der Waals surface area contributed by atoms with Gasteiger partial charge in [-0.15, -0.1) is 12.4 Å². The number of rotatable bonds is 1. The van der Waals surface area contributed by atoms with Gasteiger partial charge < -0.3 is 10.6 Å². The van der Waals surface area contributed by atoms with Crippen LogP contribution in [0.15, 0.2) is 22.7 Å². The van der Waals surface area contributed by atoms with E-state index < -0.39 is 0 Å². The van der Waals surface area contributed by atoms with Crippen LogP contribution in [0, 0.1) is 5.41 Å². The first kappa shape index (κ1) is 16.6. The van der Waals surface area contributed by atoms with E-state index in [2.05, 4.69) is 15.9 Å². The summed E-state index contributed by atoms with van der Waals surface area (Å²) in [6, 6.07) is 5.52. The Labute approximate surface area is 140 Å². The van der Waals surface area contributed by atoms with E-state index in [4.69, 9.17) is 5.73 Å². The van der Waals surface area contributed by atoms with Crippen LogP contribution in [0.3, 0.4) is 0 Å². The molecule has 1 saturated heterocycles. The van der Waals surface area contributed by atoms with Gasteiger partial charge in [0.15, 0.2) is 0 Å². The molecule has 0 bridgehead atoms. The van der Waals surface area contributed by atoms with Crippen LogP contribution in [-0.2, 0) is 0 Å². The number of nitrogens with zero attached hydrogens (tertiary/aromatic N) is 1. The summed E-state index contributed by atoms with van der Waals surface area (Å²) in [5.41, 5.74) is 7.59. The summed E-state index contributed by atoms with van der Waals surface area (Å²) >= 11 is 3.38. The summed E-state index contributed by atoms with van der Waals surface area (Å²) in [4.78, 5) is 14.6. The average molecular weight is 374 g/mol. The van der Waals surface area contributed by atoms with Crippen molar-refractivity contribution in [1.29, 1.82) is 0 Å². The van der Waals surface area contributed by atoms with Crippen molar-refractivity contribution < 1.29 is 4.79 Å².